The predicted molar refractivity (Wildman–Crippen MR) is 65.7 cm³/mol. The molecule has 0 fully saturated rings. The van der Waals surface area contributed by atoms with Crippen LogP contribution in [0.1, 0.15) is 30.6 Å². The molecule has 94 valence electrons. The van der Waals surface area contributed by atoms with Gasteiger partial charge >= 0.3 is 5.97 Å². The van der Waals surface area contributed by atoms with Crippen molar-refractivity contribution in [1.82, 2.24) is 0 Å². The number of nitrogen functional groups attached to an aromatic ring is 1. The first-order valence-electron chi connectivity index (χ1n) is 5.51. The fourth-order valence-electron chi connectivity index (χ4n) is 1.34. The Morgan fingerprint density at radius 1 is 1.59 bits per heavy atom. The molecule has 0 bridgehead atoms. The van der Waals surface area contributed by atoms with Crippen molar-refractivity contribution in [3.05, 3.63) is 23.5 Å². The fourth-order valence-corrected chi connectivity index (χ4v) is 1.34. The highest BCUT2D eigenvalue weighted by molar-refractivity contribution is 5.90. The van der Waals surface area contributed by atoms with E-state index < -0.39 is 17.3 Å². The summed E-state index contributed by atoms with van der Waals surface area (Å²) >= 11 is 0. The van der Waals surface area contributed by atoms with Gasteiger partial charge in [0.05, 0.1) is 16.9 Å². The predicted octanol–water partition coefficient (Wildman–Crippen LogP) is 2.56. The zero-order valence-corrected chi connectivity index (χ0v) is 9.96. The van der Waals surface area contributed by atoms with Crippen LogP contribution in [0.5, 0.6) is 0 Å². The van der Waals surface area contributed by atoms with Gasteiger partial charge in [0.25, 0.3) is 0 Å². The molecule has 1 atom stereocenters. The number of aromatic carboxylic acids is 1. The largest absolute Gasteiger partial charge is 0.478 e. The van der Waals surface area contributed by atoms with E-state index in [0.717, 1.165) is 18.6 Å². The number of nitrogens with two attached hydrogens (primary N) is 1. The molecule has 0 saturated carbocycles. The van der Waals surface area contributed by atoms with E-state index in [-0.39, 0.29) is 5.69 Å². The Labute approximate surface area is 99.6 Å². The highest BCUT2D eigenvalue weighted by Gasteiger charge is 2.13. The first kappa shape index (κ1) is 13.3. The Morgan fingerprint density at radius 2 is 2.24 bits per heavy atom. The van der Waals surface area contributed by atoms with Gasteiger partial charge < -0.3 is 16.2 Å². The fraction of sp³-hybridized carbons (Fsp3) is 0.417. The molecule has 0 amide bonds. The first-order chi connectivity index (χ1) is 7.95. The molecule has 0 spiro atoms. The van der Waals surface area contributed by atoms with Crippen molar-refractivity contribution >= 4 is 17.3 Å². The summed E-state index contributed by atoms with van der Waals surface area (Å²) in [6.45, 7) is 4.79. The maximum Gasteiger partial charge on any atom is 0.338 e. The minimum absolute atomic E-state index is 0.243. The number of hydrogen-bond acceptors (Lipinski definition) is 3. The molecule has 1 rings (SSSR count). The molecule has 5 heteroatoms. The molecule has 4 N–H and O–H groups in total. The topological polar surface area (TPSA) is 75.3 Å². The molecule has 0 radical (unpaired) electrons. The Bertz CT molecular complexity index is 421. The second-order valence-corrected chi connectivity index (χ2v) is 4.12. The zero-order chi connectivity index (χ0) is 13.0. The average molecular weight is 240 g/mol. The van der Waals surface area contributed by atoms with Crippen LogP contribution in [0.15, 0.2) is 12.1 Å². The van der Waals surface area contributed by atoms with E-state index in [4.69, 9.17) is 10.8 Å². The summed E-state index contributed by atoms with van der Waals surface area (Å²) in [5.41, 5.74) is 5.94. The van der Waals surface area contributed by atoms with E-state index in [9.17, 15) is 9.18 Å². The molecule has 4 nitrogen and oxygen atoms in total. The lowest BCUT2D eigenvalue weighted by Gasteiger charge is -2.14. The quantitative estimate of drug-likeness (QED) is 0.691. The Kier molecular flexibility index (Phi) is 4.31. The van der Waals surface area contributed by atoms with E-state index in [1.54, 1.807) is 0 Å². The number of benzene rings is 1. The highest BCUT2D eigenvalue weighted by Crippen LogP contribution is 2.23. The van der Waals surface area contributed by atoms with E-state index >= 15 is 0 Å². The summed E-state index contributed by atoms with van der Waals surface area (Å²) in [5, 5.41) is 11.7. The molecule has 0 aromatic heterocycles. The molecular formula is C12H17FN2O2. The van der Waals surface area contributed by atoms with Crippen molar-refractivity contribution in [3.63, 3.8) is 0 Å². The molecule has 0 saturated heterocycles. The maximum absolute atomic E-state index is 13.4. The van der Waals surface area contributed by atoms with Crippen molar-refractivity contribution in [1.29, 1.82) is 0 Å². The normalized spacial score (nSPS) is 12.2. The molecule has 0 aliphatic heterocycles. The Morgan fingerprint density at radius 3 is 2.76 bits per heavy atom. The summed E-state index contributed by atoms with van der Waals surface area (Å²) in [7, 11) is 0. The summed E-state index contributed by atoms with van der Waals surface area (Å²) in [5.74, 6) is -1.65. The van der Waals surface area contributed by atoms with Crippen LogP contribution in [0.2, 0.25) is 0 Å². The van der Waals surface area contributed by atoms with Gasteiger partial charge in [-0.25, -0.2) is 9.18 Å². The third kappa shape index (κ3) is 3.34. The second-order valence-electron chi connectivity index (χ2n) is 4.12. The van der Waals surface area contributed by atoms with Gasteiger partial charge in [0.15, 0.2) is 0 Å². The van der Waals surface area contributed by atoms with Gasteiger partial charge in [0.2, 0.25) is 0 Å². The summed E-state index contributed by atoms with van der Waals surface area (Å²) < 4.78 is 13.4. The Balaban J connectivity index is 2.88. The van der Waals surface area contributed by atoms with Crippen molar-refractivity contribution in [2.75, 3.05) is 17.6 Å². The van der Waals surface area contributed by atoms with Crippen LogP contribution in [0, 0.1) is 11.7 Å². The van der Waals surface area contributed by atoms with Crippen LogP contribution in [-0.4, -0.2) is 17.6 Å². The van der Waals surface area contributed by atoms with E-state index in [1.165, 1.54) is 0 Å². The molecule has 0 heterocycles. The first-order valence-corrected chi connectivity index (χ1v) is 5.51. The number of carbonyl (C=O) groups is 1. The lowest BCUT2D eigenvalue weighted by Crippen LogP contribution is -2.13. The third-order valence-electron chi connectivity index (χ3n) is 2.71. The van der Waals surface area contributed by atoms with Gasteiger partial charge in [0.1, 0.15) is 5.82 Å². The molecular weight excluding hydrogens is 223 g/mol. The second kappa shape index (κ2) is 5.52. The number of nitrogens with one attached hydrogen (secondary N) is 1. The van der Waals surface area contributed by atoms with Crippen LogP contribution in [0.3, 0.4) is 0 Å². The third-order valence-corrected chi connectivity index (χ3v) is 2.71. The van der Waals surface area contributed by atoms with Gasteiger partial charge in [-0.05, 0) is 18.1 Å². The molecule has 1 unspecified atom stereocenters. The molecule has 0 aliphatic rings. The summed E-state index contributed by atoms with van der Waals surface area (Å²) in [6, 6.07) is 2.26. The number of rotatable bonds is 5. The van der Waals surface area contributed by atoms with Crippen LogP contribution >= 0.6 is 0 Å². The molecule has 0 aliphatic carbocycles. The Hall–Kier alpha value is -1.78. The van der Waals surface area contributed by atoms with Crippen molar-refractivity contribution in [3.8, 4) is 0 Å². The summed E-state index contributed by atoms with van der Waals surface area (Å²) in [4.78, 5) is 10.7. The smallest absolute Gasteiger partial charge is 0.338 e. The van der Waals surface area contributed by atoms with Gasteiger partial charge in [0, 0.05) is 6.54 Å². The van der Waals surface area contributed by atoms with Crippen molar-refractivity contribution in [2.24, 2.45) is 5.92 Å². The van der Waals surface area contributed by atoms with Crippen LogP contribution in [0.4, 0.5) is 15.8 Å². The number of anilines is 2. The van der Waals surface area contributed by atoms with Crippen LogP contribution < -0.4 is 11.1 Å². The number of carboxylic acids is 1. The SMILES string of the molecule is CCC(C)CNc1cc(F)c(C(=O)O)cc1N. The van der Waals surface area contributed by atoms with Gasteiger partial charge in [-0.15, -0.1) is 0 Å². The van der Waals surface area contributed by atoms with Crippen LogP contribution in [0.25, 0.3) is 0 Å². The highest BCUT2D eigenvalue weighted by atomic mass is 19.1. The zero-order valence-electron chi connectivity index (χ0n) is 9.96. The summed E-state index contributed by atoms with van der Waals surface area (Å²) in [6.07, 6.45) is 1.00. The lowest BCUT2D eigenvalue weighted by atomic mass is 10.1. The number of halogens is 1. The van der Waals surface area contributed by atoms with E-state index in [1.807, 2.05) is 0 Å². The standard InChI is InChI=1S/C12H17FN2O2/c1-3-7(2)6-15-11-5-9(13)8(12(16)17)4-10(11)14/h4-5,7,15H,3,6,14H2,1-2H3,(H,16,17). The molecule has 1 aromatic rings. The van der Waals surface area contributed by atoms with Crippen molar-refractivity contribution in [2.45, 2.75) is 20.3 Å². The maximum atomic E-state index is 13.4. The van der Waals surface area contributed by atoms with E-state index in [2.05, 4.69) is 19.2 Å². The minimum Gasteiger partial charge on any atom is -0.478 e. The van der Waals surface area contributed by atoms with Crippen LogP contribution in [-0.2, 0) is 0 Å². The van der Waals surface area contributed by atoms with Gasteiger partial charge in [-0.2, -0.15) is 0 Å². The van der Waals surface area contributed by atoms with E-state index in [0.29, 0.717) is 18.2 Å². The number of carboxylic acid groups (broad SMARTS) is 1. The van der Waals surface area contributed by atoms with Gasteiger partial charge in [-0.3, -0.25) is 0 Å². The lowest BCUT2D eigenvalue weighted by molar-refractivity contribution is 0.0692. The molecule has 1 aromatic carbocycles. The molecule has 17 heavy (non-hydrogen) atoms. The monoisotopic (exact) mass is 240 g/mol. The minimum atomic E-state index is -1.32. The van der Waals surface area contributed by atoms with Crippen molar-refractivity contribution < 1.29 is 14.3 Å². The number of hydrogen-bond donors (Lipinski definition) is 3. The average Bonchev–Trinajstić information content (AvgIpc) is 2.28. The van der Waals surface area contributed by atoms with Gasteiger partial charge in [-0.1, -0.05) is 20.3 Å².